The lowest BCUT2D eigenvalue weighted by molar-refractivity contribution is 0.552. The minimum atomic E-state index is -4.89. The molecule has 3 nitrogen and oxygen atoms in total. The monoisotopic (exact) mass is 229 g/mol. The van der Waals surface area contributed by atoms with Gasteiger partial charge in [0, 0.05) is 6.20 Å². The summed E-state index contributed by atoms with van der Waals surface area (Å²) >= 11 is 10.7. The van der Waals surface area contributed by atoms with E-state index < -0.39 is 20.3 Å². The topological polar surface area (TPSA) is 47.0 Å². The van der Waals surface area contributed by atoms with E-state index in [-0.39, 0.29) is 5.02 Å². The van der Waals surface area contributed by atoms with Crippen LogP contribution in [0.4, 0.5) is 3.89 Å². The molecule has 1 aromatic rings. The summed E-state index contributed by atoms with van der Waals surface area (Å²) in [6.45, 7) is 0. The number of halogens is 3. The highest BCUT2D eigenvalue weighted by Crippen LogP contribution is 2.28. The molecular weight excluding hydrogens is 228 g/mol. The van der Waals surface area contributed by atoms with Gasteiger partial charge in [0.2, 0.25) is 0 Å². The van der Waals surface area contributed by atoms with Crippen LogP contribution in [0, 0.1) is 0 Å². The maximum Gasteiger partial charge on any atom is 0.336 e. The maximum atomic E-state index is 12.4. The van der Waals surface area contributed by atoms with Crippen LogP contribution < -0.4 is 0 Å². The van der Waals surface area contributed by atoms with Crippen LogP contribution in [0.25, 0.3) is 0 Å². The van der Waals surface area contributed by atoms with Crippen molar-refractivity contribution in [2.75, 3.05) is 0 Å². The molecule has 0 aromatic carbocycles. The second-order valence-corrected chi connectivity index (χ2v) is 3.90. The first-order valence-electron chi connectivity index (χ1n) is 2.67. The number of hydrogen-bond donors (Lipinski definition) is 0. The van der Waals surface area contributed by atoms with Crippen molar-refractivity contribution in [3.63, 3.8) is 0 Å². The summed E-state index contributed by atoms with van der Waals surface area (Å²) in [7, 11) is -4.89. The number of pyridine rings is 1. The lowest BCUT2D eigenvalue weighted by Gasteiger charge is -1.98. The Kier molecular flexibility index (Phi) is 2.55. The summed E-state index contributed by atoms with van der Waals surface area (Å²) in [6.07, 6.45) is 1.18. The highest BCUT2D eigenvalue weighted by molar-refractivity contribution is 7.86. The van der Waals surface area contributed by atoms with Crippen molar-refractivity contribution in [1.29, 1.82) is 0 Å². The fourth-order valence-electron chi connectivity index (χ4n) is 0.618. The Morgan fingerprint density at radius 1 is 1.42 bits per heavy atom. The van der Waals surface area contributed by atoms with Crippen molar-refractivity contribution >= 4 is 33.4 Å². The molecule has 0 atom stereocenters. The lowest BCUT2D eigenvalue weighted by atomic mass is 10.5. The highest BCUT2D eigenvalue weighted by Gasteiger charge is 2.21. The molecule has 0 aliphatic heterocycles. The van der Waals surface area contributed by atoms with Gasteiger partial charge in [0.1, 0.15) is 0 Å². The SMILES string of the molecule is O=S(=O)(F)c1c(Cl)ccnc1Cl. The first-order valence-corrected chi connectivity index (χ1v) is 4.81. The van der Waals surface area contributed by atoms with E-state index in [0.717, 1.165) is 6.07 Å². The van der Waals surface area contributed by atoms with Crippen molar-refractivity contribution in [2.24, 2.45) is 0 Å². The van der Waals surface area contributed by atoms with Crippen molar-refractivity contribution in [2.45, 2.75) is 4.90 Å². The van der Waals surface area contributed by atoms with Crippen LogP contribution in [-0.4, -0.2) is 13.4 Å². The van der Waals surface area contributed by atoms with E-state index in [9.17, 15) is 12.3 Å². The van der Waals surface area contributed by atoms with Crippen LogP contribution in [-0.2, 0) is 10.2 Å². The molecule has 0 unspecified atom stereocenters. The van der Waals surface area contributed by atoms with Gasteiger partial charge >= 0.3 is 10.2 Å². The zero-order valence-corrected chi connectivity index (χ0v) is 7.79. The van der Waals surface area contributed by atoms with Gasteiger partial charge in [0.25, 0.3) is 0 Å². The summed E-state index contributed by atoms with van der Waals surface area (Å²) in [4.78, 5) is 2.58. The van der Waals surface area contributed by atoms with E-state index in [0.29, 0.717) is 0 Å². The molecule has 0 aliphatic carbocycles. The largest absolute Gasteiger partial charge is 0.336 e. The molecule has 0 radical (unpaired) electrons. The van der Waals surface area contributed by atoms with Crippen LogP contribution >= 0.6 is 23.2 Å². The Hall–Kier alpha value is -0.390. The number of hydrogen-bond acceptors (Lipinski definition) is 3. The molecule has 0 amide bonds. The Bertz CT molecular complexity index is 386. The van der Waals surface area contributed by atoms with E-state index in [1.807, 2.05) is 0 Å². The predicted octanol–water partition coefficient (Wildman–Crippen LogP) is 2.05. The van der Waals surface area contributed by atoms with Gasteiger partial charge in [-0.25, -0.2) is 4.98 Å². The zero-order valence-electron chi connectivity index (χ0n) is 5.46. The molecule has 1 heterocycles. The minimum absolute atomic E-state index is 0.280. The molecule has 0 aliphatic rings. The van der Waals surface area contributed by atoms with Crippen molar-refractivity contribution in [3.8, 4) is 0 Å². The van der Waals surface area contributed by atoms with Gasteiger partial charge in [-0.15, -0.1) is 3.89 Å². The van der Waals surface area contributed by atoms with Crippen LogP contribution in [0.3, 0.4) is 0 Å². The van der Waals surface area contributed by atoms with Gasteiger partial charge in [-0.1, -0.05) is 23.2 Å². The Labute approximate surface area is 78.3 Å². The van der Waals surface area contributed by atoms with E-state index in [4.69, 9.17) is 23.2 Å². The summed E-state index contributed by atoms with van der Waals surface area (Å²) in [5.74, 6) is 0. The van der Waals surface area contributed by atoms with Crippen molar-refractivity contribution in [3.05, 3.63) is 22.4 Å². The van der Waals surface area contributed by atoms with Crippen LogP contribution in [0.15, 0.2) is 17.2 Å². The van der Waals surface area contributed by atoms with E-state index in [1.165, 1.54) is 6.20 Å². The third kappa shape index (κ3) is 1.85. The summed E-state index contributed by atoms with van der Waals surface area (Å²) in [5, 5.41) is -0.748. The molecule has 0 bridgehead atoms. The third-order valence-corrected chi connectivity index (χ3v) is 2.78. The summed E-state index contributed by atoms with van der Waals surface area (Å²) in [6, 6.07) is 1.14. The Morgan fingerprint density at radius 2 is 2.00 bits per heavy atom. The fourth-order valence-corrected chi connectivity index (χ4v) is 2.08. The average molecular weight is 230 g/mol. The molecule has 66 valence electrons. The summed E-state index contributed by atoms with van der Waals surface area (Å²) in [5.41, 5.74) is 0. The summed E-state index contributed by atoms with van der Waals surface area (Å²) < 4.78 is 33.2. The molecule has 0 saturated carbocycles. The fraction of sp³-hybridized carbons (Fsp3) is 0. The number of nitrogens with zero attached hydrogens (tertiary/aromatic N) is 1. The molecule has 7 heteroatoms. The van der Waals surface area contributed by atoms with Gasteiger partial charge in [-0.3, -0.25) is 0 Å². The number of aromatic nitrogens is 1. The smallest absolute Gasteiger partial charge is 0.243 e. The molecule has 1 rings (SSSR count). The van der Waals surface area contributed by atoms with Gasteiger partial charge in [0.15, 0.2) is 10.0 Å². The van der Waals surface area contributed by atoms with Crippen molar-refractivity contribution < 1.29 is 12.3 Å². The lowest BCUT2D eigenvalue weighted by Crippen LogP contribution is -1.95. The molecular formula is C5H2Cl2FNO2S. The Morgan fingerprint density at radius 3 is 2.33 bits per heavy atom. The second-order valence-electron chi connectivity index (χ2n) is 1.85. The maximum absolute atomic E-state index is 12.4. The quantitative estimate of drug-likeness (QED) is 0.547. The molecule has 0 fully saturated rings. The molecule has 12 heavy (non-hydrogen) atoms. The van der Waals surface area contributed by atoms with Crippen molar-refractivity contribution in [1.82, 2.24) is 4.98 Å². The first-order chi connectivity index (χ1) is 5.43. The molecule has 1 aromatic heterocycles. The minimum Gasteiger partial charge on any atom is -0.243 e. The van der Waals surface area contributed by atoms with Crippen LogP contribution in [0.1, 0.15) is 0 Å². The van der Waals surface area contributed by atoms with Gasteiger partial charge in [-0.2, -0.15) is 8.42 Å². The Balaban J connectivity index is 3.53. The van der Waals surface area contributed by atoms with Gasteiger partial charge in [-0.05, 0) is 6.07 Å². The van der Waals surface area contributed by atoms with E-state index >= 15 is 0 Å². The third-order valence-electron chi connectivity index (χ3n) is 1.06. The highest BCUT2D eigenvalue weighted by atomic mass is 35.5. The average Bonchev–Trinajstić information content (AvgIpc) is 1.82. The van der Waals surface area contributed by atoms with E-state index in [1.54, 1.807) is 0 Å². The van der Waals surface area contributed by atoms with Crippen LogP contribution in [0.2, 0.25) is 10.2 Å². The normalized spacial score (nSPS) is 11.6. The molecule has 0 spiro atoms. The zero-order chi connectivity index (χ0) is 9.35. The van der Waals surface area contributed by atoms with Crippen LogP contribution in [0.5, 0.6) is 0 Å². The number of rotatable bonds is 1. The predicted molar refractivity (Wildman–Crippen MR) is 42.6 cm³/mol. The molecule has 0 N–H and O–H groups in total. The van der Waals surface area contributed by atoms with Gasteiger partial charge < -0.3 is 0 Å². The molecule has 0 saturated heterocycles. The first kappa shape index (κ1) is 9.70. The standard InChI is InChI=1S/C5H2Cl2FNO2S/c6-3-1-2-9-5(7)4(3)12(8,10)11/h1-2H. The van der Waals surface area contributed by atoms with E-state index in [2.05, 4.69) is 4.98 Å². The second kappa shape index (κ2) is 3.16. The van der Waals surface area contributed by atoms with Gasteiger partial charge in [0.05, 0.1) is 5.02 Å².